The summed E-state index contributed by atoms with van der Waals surface area (Å²) in [5.74, 6) is 0. The first kappa shape index (κ1) is 80.6. The standard InChI is InChI=1S/C127H88N6O2S/c1-127(2)117-80-102(131(96-42-19-8-20-43-96)105-72-77-112-111-76-71-104(82-121(111)134-122(112)83-105)129(93-36-13-5-14-37-93)94-38-15-6-16-39-94)69-74-109(117)110-75-70-103(81-118(110)127)132(119-50-26-30-89-29-21-22-45-107(89)119)99-63-59-88(60-64-99)86-55-53-85(54-56-86)87-57-61-97(62-58-87)130(95-40-17-7-18-41-95)101-44-25-31-90(79-101)108-47-27-48-115-113-78-73-106(84-123(113)135-125(108)115)133(120-51-28-49-116-114-46-23-24-52-124(114)136-126(116)120)100-67-65-98(66-68-100)128(91-32-9-3-10-33-91)92-34-11-4-12-35-92/h3-84H,1-2H3. The van der Waals surface area contributed by atoms with Gasteiger partial charge in [0, 0.05) is 163 Å². The number of fused-ring (bicyclic) bond motifs is 13. The molecule has 0 unspecified atom stereocenters. The molecule has 24 aromatic rings. The number of nitrogens with zero attached hydrogens (tertiary/aromatic N) is 6. The molecule has 0 atom stereocenters. The molecule has 25 rings (SSSR count). The Balaban J connectivity index is 0.494. The van der Waals surface area contributed by atoms with Crippen LogP contribution in [0.2, 0.25) is 0 Å². The van der Waals surface area contributed by atoms with Crippen molar-refractivity contribution in [2.75, 3.05) is 29.4 Å². The lowest BCUT2D eigenvalue weighted by molar-refractivity contribution is 0.660. The van der Waals surface area contributed by atoms with E-state index in [-0.39, 0.29) is 5.41 Å². The topological polar surface area (TPSA) is 45.7 Å². The Morgan fingerprint density at radius 3 is 1.01 bits per heavy atom. The van der Waals surface area contributed by atoms with E-state index in [1.165, 1.54) is 53.2 Å². The van der Waals surface area contributed by atoms with Gasteiger partial charge in [0.25, 0.3) is 0 Å². The van der Waals surface area contributed by atoms with Gasteiger partial charge in [-0.15, -0.1) is 11.3 Å². The van der Waals surface area contributed by atoms with Crippen LogP contribution in [-0.4, -0.2) is 0 Å². The Hall–Kier alpha value is -17.5. The summed E-state index contributed by atoms with van der Waals surface area (Å²) in [6.07, 6.45) is 0. The summed E-state index contributed by atoms with van der Waals surface area (Å²) in [7, 11) is 0. The minimum absolute atomic E-state index is 0.368. The van der Waals surface area contributed by atoms with Gasteiger partial charge in [0.1, 0.15) is 22.3 Å². The lowest BCUT2D eigenvalue weighted by atomic mass is 9.82. The van der Waals surface area contributed by atoms with Gasteiger partial charge in [0.2, 0.25) is 0 Å². The second-order valence-corrected chi connectivity index (χ2v) is 36.6. The van der Waals surface area contributed by atoms with Gasteiger partial charge in [-0.25, -0.2) is 0 Å². The SMILES string of the molecule is CC1(C)c2cc(N(c3ccccc3)c3ccc4c(c3)oc3cc(N(c5ccccc5)c5ccccc5)ccc34)ccc2-c2ccc(N(c3ccc(-c4ccc(-c5ccc(N(c6ccccc6)c6cccc(-c7cccc8c7oc7cc(N(c9ccc(N(c%10ccccc%10)c%10ccccc%10)cc9)c9cccc%10c9sc9ccccc9%10)ccc78)c6)cc5)cc4)cc3)c3cccc4ccccc34)cc21. The molecule has 21 aromatic carbocycles. The molecule has 0 bridgehead atoms. The van der Waals surface area contributed by atoms with Gasteiger partial charge in [-0.05, 0) is 268 Å². The highest BCUT2D eigenvalue weighted by Crippen LogP contribution is 2.56. The number of para-hydroxylation sites is 7. The summed E-state index contributed by atoms with van der Waals surface area (Å²) in [4.78, 5) is 14.1. The maximum Gasteiger partial charge on any atom is 0.143 e. The molecule has 1 aliphatic carbocycles. The van der Waals surface area contributed by atoms with Crippen molar-refractivity contribution in [2.45, 2.75) is 19.3 Å². The van der Waals surface area contributed by atoms with Crippen molar-refractivity contribution in [3.63, 3.8) is 0 Å². The Morgan fingerprint density at radius 1 is 0.191 bits per heavy atom. The summed E-state index contributed by atoms with van der Waals surface area (Å²) < 4.78 is 16.6. The van der Waals surface area contributed by atoms with Crippen molar-refractivity contribution in [1.82, 2.24) is 0 Å². The molecule has 0 N–H and O–H groups in total. The molecule has 3 aromatic heterocycles. The third-order valence-electron chi connectivity index (χ3n) is 27.2. The van der Waals surface area contributed by atoms with Gasteiger partial charge in [0.15, 0.2) is 0 Å². The summed E-state index contributed by atoms with van der Waals surface area (Å²) in [6, 6.07) is 180. The highest BCUT2D eigenvalue weighted by molar-refractivity contribution is 7.26. The lowest BCUT2D eigenvalue weighted by Crippen LogP contribution is -2.17. The van der Waals surface area contributed by atoms with E-state index in [1.807, 2.05) is 11.3 Å². The Kier molecular flexibility index (Phi) is 20.0. The third-order valence-corrected chi connectivity index (χ3v) is 28.4. The minimum atomic E-state index is -0.368. The van der Waals surface area contributed by atoms with Crippen LogP contribution in [0.15, 0.2) is 506 Å². The quantitative estimate of drug-likeness (QED) is 0.0705. The van der Waals surface area contributed by atoms with E-state index in [0.717, 1.165) is 180 Å². The first-order valence-electron chi connectivity index (χ1n) is 46.4. The zero-order valence-electron chi connectivity index (χ0n) is 74.8. The number of rotatable bonds is 21. The molecule has 9 heteroatoms. The maximum atomic E-state index is 7.22. The van der Waals surface area contributed by atoms with Crippen LogP contribution in [0.5, 0.6) is 0 Å². The van der Waals surface area contributed by atoms with Crippen LogP contribution in [0.25, 0.3) is 119 Å². The lowest BCUT2D eigenvalue weighted by Gasteiger charge is -2.29. The molecule has 0 spiro atoms. The van der Waals surface area contributed by atoms with Crippen LogP contribution in [0.1, 0.15) is 25.0 Å². The average Bonchev–Trinajstić information content (AvgIpc) is 1.58. The zero-order valence-corrected chi connectivity index (χ0v) is 75.6. The van der Waals surface area contributed by atoms with Gasteiger partial charge >= 0.3 is 0 Å². The summed E-state index contributed by atoms with van der Waals surface area (Å²) >= 11 is 1.84. The number of hydrogen-bond acceptors (Lipinski definition) is 9. The Morgan fingerprint density at radius 2 is 0.500 bits per heavy atom. The van der Waals surface area contributed by atoms with Gasteiger partial charge in [-0.2, -0.15) is 0 Å². The Bertz CT molecular complexity index is 8540. The number of thiophene rings is 1. The number of anilines is 18. The molecular weight excluding hydrogens is 1670 g/mol. The molecule has 0 aliphatic heterocycles. The first-order chi connectivity index (χ1) is 67.2. The molecular formula is C127H88N6O2S. The molecule has 0 saturated heterocycles. The highest BCUT2D eigenvalue weighted by Gasteiger charge is 2.38. The highest BCUT2D eigenvalue weighted by atomic mass is 32.1. The van der Waals surface area contributed by atoms with Crippen LogP contribution in [0.4, 0.5) is 102 Å². The number of hydrogen-bond donors (Lipinski definition) is 0. The van der Waals surface area contributed by atoms with E-state index in [2.05, 4.69) is 541 Å². The summed E-state index contributed by atoms with van der Waals surface area (Å²) in [5, 5.41) is 9.10. The van der Waals surface area contributed by atoms with E-state index in [0.29, 0.717) is 0 Å². The fraction of sp³-hybridized carbons (Fsp3) is 0.0236. The fourth-order valence-electron chi connectivity index (χ4n) is 20.6. The van der Waals surface area contributed by atoms with E-state index in [4.69, 9.17) is 8.83 Å². The molecule has 136 heavy (non-hydrogen) atoms. The van der Waals surface area contributed by atoms with Crippen LogP contribution in [0.3, 0.4) is 0 Å². The van der Waals surface area contributed by atoms with Crippen molar-refractivity contribution in [1.29, 1.82) is 0 Å². The summed E-state index contributed by atoms with van der Waals surface area (Å²) in [5.41, 5.74) is 33.7. The second-order valence-electron chi connectivity index (χ2n) is 35.5. The van der Waals surface area contributed by atoms with E-state index < -0.39 is 0 Å². The van der Waals surface area contributed by atoms with Crippen LogP contribution in [0, 0.1) is 0 Å². The molecule has 0 saturated carbocycles. The largest absolute Gasteiger partial charge is 0.456 e. The third kappa shape index (κ3) is 14.3. The summed E-state index contributed by atoms with van der Waals surface area (Å²) in [6.45, 7) is 4.77. The maximum absolute atomic E-state index is 7.22. The van der Waals surface area contributed by atoms with Crippen LogP contribution >= 0.6 is 11.3 Å². The predicted octanol–water partition coefficient (Wildman–Crippen LogP) is 37.1. The van der Waals surface area contributed by atoms with Crippen molar-refractivity contribution in [3.05, 3.63) is 509 Å². The molecule has 644 valence electrons. The van der Waals surface area contributed by atoms with E-state index in [1.54, 1.807) is 0 Å². The molecule has 3 heterocycles. The van der Waals surface area contributed by atoms with Crippen molar-refractivity contribution < 1.29 is 8.83 Å². The minimum Gasteiger partial charge on any atom is -0.456 e. The first-order valence-corrected chi connectivity index (χ1v) is 47.2. The monoisotopic (exact) mass is 1760 g/mol. The Labute approximate surface area is 793 Å². The van der Waals surface area contributed by atoms with Gasteiger partial charge < -0.3 is 38.2 Å². The van der Waals surface area contributed by atoms with Crippen molar-refractivity contribution in [2.24, 2.45) is 0 Å². The second kappa shape index (κ2) is 33.7. The number of furan rings is 2. The normalized spacial score (nSPS) is 12.1. The molecule has 0 fully saturated rings. The van der Waals surface area contributed by atoms with Crippen LogP contribution in [-0.2, 0) is 5.41 Å². The van der Waals surface area contributed by atoms with Gasteiger partial charge in [-0.1, -0.05) is 281 Å². The van der Waals surface area contributed by atoms with Crippen LogP contribution < -0.4 is 29.4 Å². The van der Waals surface area contributed by atoms with Gasteiger partial charge in [-0.3, -0.25) is 0 Å². The average molecular weight is 1760 g/mol. The molecule has 0 radical (unpaired) electrons. The number of benzene rings is 21. The molecule has 8 nitrogen and oxygen atoms in total. The fourth-order valence-corrected chi connectivity index (χ4v) is 21.8. The van der Waals surface area contributed by atoms with Crippen molar-refractivity contribution in [3.8, 4) is 44.5 Å². The molecule has 0 amide bonds. The molecule has 1 aliphatic rings. The smallest absolute Gasteiger partial charge is 0.143 e. The van der Waals surface area contributed by atoms with E-state index >= 15 is 0 Å². The van der Waals surface area contributed by atoms with E-state index in [9.17, 15) is 0 Å². The zero-order chi connectivity index (χ0) is 90.3. The predicted molar refractivity (Wildman–Crippen MR) is 573 cm³/mol. The van der Waals surface area contributed by atoms with Gasteiger partial charge in [0.05, 0.1) is 16.1 Å². The van der Waals surface area contributed by atoms with Crippen molar-refractivity contribution >= 4 is 189 Å².